The standard InChI is InChI=1S/C21H19N3O3S/c1-14(21(26)23-16-11-9-15(13-22)10-12-16)27-20(25)8-4-7-19-24-17-5-2-3-6-18(17)28-19/h2-3,5-6,9-12,14H,4,7-8H2,1H3,(H,23,26)/t14-/m0/s1. The van der Waals surface area contributed by atoms with Gasteiger partial charge >= 0.3 is 5.97 Å². The van der Waals surface area contributed by atoms with Gasteiger partial charge in [-0.15, -0.1) is 11.3 Å². The Labute approximate surface area is 166 Å². The van der Waals surface area contributed by atoms with Gasteiger partial charge in [0.25, 0.3) is 5.91 Å². The van der Waals surface area contributed by atoms with Crippen LogP contribution in [0.3, 0.4) is 0 Å². The molecule has 3 rings (SSSR count). The van der Waals surface area contributed by atoms with Crippen LogP contribution in [0.2, 0.25) is 0 Å². The molecule has 0 radical (unpaired) electrons. The van der Waals surface area contributed by atoms with Crippen molar-refractivity contribution in [3.63, 3.8) is 0 Å². The normalized spacial score (nSPS) is 11.6. The second-order valence-corrected chi connectivity index (χ2v) is 7.35. The second-order valence-electron chi connectivity index (χ2n) is 6.24. The van der Waals surface area contributed by atoms with Crippen molar-refractivity contribution < 1.29 is 14.3 Å². The summed E-state index contributed by atoms with van der Waals surface area (Å²) in [5.41, 5.74) is 2.02. The molecular weight excluding hydrogens is 374 g/mol. The summed E-state index contributed by atoms with van der Waals surface area (Å²) < 4.78 is 6.34. The Bertz CT molecular complexity index is 988. The van der Waals surface area contributed by atoms with Crippen molar-refractivity contribution >= 4 is 39.1 Å². The van der Waals surface area contributed by atoms with Crippen LogP contribution in [0.5, 0.6) is 0 Å². The molecule has 0 saturated heterocycles. The lowest BCUT2D eigenvalue weighted by Gasteiger charge is -2.13. The largest absolute Gasteiger partial charge is 0.453 e. The van der Waals surface area contributed by atoms with Gasteiger partial charge in [-0.05, 0) is 56.2 Å². The number of para-hydroxylation sites is 1. The van der Waals surface area contributed by atoms with Gasteiger partial charge in [0, 0.05) is 12.1 Å². The SMILES string of the molecule is C[C@H](OC(=O)CCCc1nc2ccccc2s1)C(=O)Nc1ccc(C#N)cc1. The maximum atomic E-state index is 12.1. The maximum Gasteiger partial charge on any atom is 0.306 e. The highest BCUT2D eigenvalue weighted by molar-refractivity contribution is 7.18. The van der Waals surface area contributed by atoms with Crippen molar-refractivity contribution in [2.45, 2.75) is 32.3 Å². The van der Waals surface area contributed by atoms with E-state index in [0.29, 0.717) is 24.1 Å². The number of hydrogen-bond acceptors (Lipinski definition) is 6. The molecule has 6 nitrogen and oxygen atoms in total. The third-order valence-corrected chi connectivity index (χ3v) is 5.16. The van der Waals surface area contributed by atoms with Gasteiger partial charge in [0.15, 0.2) is 6.10 Å². The summed E-state index contributed by atoms with van der Waals surface area (Å²) >= 11 is 1.62. The Kier molecular flexibility index (Phi) is 6.35. The first-order chi connectivity index (χ1) is 13.5. The minimum Gasteiger partial charge on any atom is -0.453 e. The molecular formula is C21H19N3O3S. The van der Waals surface area contributed by atoms with Gasteiger partial charge < -0.3 is 10.1 Å². The lowest BCUT2D eigenvalue weighted by atomic mass is 10.2. The number of rotatable bonds is 7. The van der Waals surface area contributed by atoms with Gasteiger partial charge in [-0.3, -0.25) is 9.59 Å². The van der Waals surface area contributed by atoms with Crippen LogP contribution in [0.15, 0.2) is 48.5 Å². The number of hydrogen-bond donors (Lipinski definition) is 1. The molecule has 1 N–H and O–H groups in total. The molecule has 28 heavy (non-hydrogen) atoms. The van der Waals surface area contributed by atoms with Gasteiger partial charge in [0.2, 0.25) is 0 Å². The summed E-state index contributed by atoms with van der Waals surface area (Å²) in [6, 6.07) is 16.4. The lowest BCUT2D eigenvalue weighted by Crippen LogP contribution is -2.29. The Morgan fingerprint density at radius 3 is 2.68 bits per heavy atom. The fourth-order valence-electron chi connectivity index (χ4n) is 2.59. The van der Waals surface area contributed by atoms with Gasteiger partial charge in [-0.1, -0.05) is 12.1 Å². The minimum absolute atomic E-state index is 0.227. The first-order valence-corrected chi connectivity index (χ1v) is 9.72. The van der Waals surface area contributed by atoms with Crippen LogP contribution in [0.25, 0.3) is 10.2 Å². The number of aryl methyl sites for hydroxylation is 1. The fourth-order valence-corrected chi connectivity index (χ4v) is 3.60. The number of anilines is 1. The number of esters is 1. The van der Waals surface area contributed by atoms with E-state index in [0.717, 1.165) is 15.2 Å². The summed E-state index contributed by atoms with van der Waals surface area (Å²) in [6.07, 6.45) is 0.637. The van der Waals surface area contributed by atoms with Crippen molar-refractivity contribution in [1.82, 2.24) is 4.98 Å². The smallest absolute Gasteiger partial charge is 0.306 e. The molecule has 0 aliphatic rings. The summed E-state index contributed by atoms with van der Waals surface area (Å²) in [5, 5.41) is 12.4. The molecule has 0 unspecified atom stereocenters. The molecule has 0 bridgehead atoms. The number of thiazole rings is 1. The number of carbonyl (C=O) groups excluding carboxylic acids is 2. The second kappa shape index (κ2) is 9.11. The summed E-state index contributed by atoms with van der Waals surface area (Å²) in [5.74, 6) is -0.826. The molecule has 7 heteroatoms. The zero-order chi connectivity index (χ0) is 19.9. The molecule has 1 atom stereocenters. The number of benzene rings is 2. The molecule has 0 fully saturated rings. The van der Waals surface area contributed by atoms with Gasteiger partial charge in [-0.2, -0.15) is 5.26 Å². The van der Waals surface area contributed by atoms with Crippen molar-refractivity contribution in [2.24, 2.45) is 0 Å². The predicted octanol–water partition coefficient (Wildman–Crippen LogP) is 4.06. The molecule has 1 heterocycles. The van der Waals surface area contributed by atoms with Gasteiger partial charge in [0.05, 0.1) is 26.9 Å². The molecule has 0 spiro atoms. The molecule has 0 aliphatic heterocycles. The molecule has 1 aromatic heterocycles. The molecule has 0 aliphatic carbocycles. The van der Waals surface area contributed by atoms with E-state index in [9.17, 15) is 9.59 Å². The number of nitrogens with one attached hydrogen (secondary N) is 1. The quantitative estimate of drug-likeness (QED) is 0.611. The monoisotopic (exact) mass is 393 g/mol. The number of amides is 1. The van der Waals surface area contributed by atoms with Crippen LogP contribution >= 0.6 is 11.3 Å². The number of nitriles is 1. The number of nitrogens with zero attached hydrogens (tertiary/aromatic N) is 2. The average Bonchev–Trinajstić information content (AvgIpc) is 3.11. The third-order valence-electron chi connectivity index (χ3n) is 4.07. The molecule has 142 valence electrons. The maximum absolute atomic E-state index is 12.1. The highest BCUT2D eigenvalue weighted by atomic mass is 32.1. The first kappa shape index (κ1) is 19.5. The molecule has 2 aromatic carbocycles. The number of ether oxygens (including phenoxy) is 1. The Morgan fingerprint density at radius 1 is 1.21 bits per heavy atom. The topological polar surface area (TPSA) is 92.1 Å². The Hall–Kier alpha value is -3.24. The highest BCUT2D eigenvalue weighted by Crippen LogP contribution is 2.22. The Balaban J connectivity index is 1.42. The average molecular weight is 393 g/mol. The van der Waals surface area contributed by atoms with E-state index in [1.54, 1.807) is 35.6 Å². The van der Waals surface area contributed by atoms with Crippen LogP contribution in [0.1, 0.15) is 30.3 Å². The fraction of sp³-hybridized carbons (Fsp3) is 0.238. The zero-order valence-corrected chi connectivity index (χ0v) is 16.2. The van der Waals surface area contributed by atoms with Crippen LogP contribution < -0.4 is 5.32 Å². The molecule has 1 amide bonds. The van der Waals surface area contributed by atoms with Crippen LogP contribution in [0, 0.1) is 11.3 Å². The van der Waals surface area contributed by atoms with E-state index in [-0.39, 0.29) is 6.42 Å². The zero-order valence-electron chi connectivity index (χ0n) is 15.3. The van der Waals surface area contributed by atoms with E-state index in [2.05, 4.69) is 10.3 Å². The van der Waals surface area contributed by atoms with E-state index in [1.807, 2.05) is 30.3 Å². The summed E-state index contributed by atoms with van der Waals surface area (Å²) in [4.78, 5) is 28.7. The summed E-state index contributed by atoms with van der Waals surface area (Å²) in [7, 11) is 0. The van der Waals surface area contributed by atoms with E-state index in [1.165, 1.54) is 6.92 Å². The van der Waals surface area contributed by atoms with Gasteiger partial charge in [0.1, 0.15) is 0 Å². The highest BCUT2D eigenvalue weighted by Gasteiger charge is 2.18. The summed E-state index contributed by atoms with van der Waals surface area (Å²) in [6.45, 7) is 1.53. The molecule has 0 saturated carbocycles. The van der Waals surface area contributed by atoms with Crippen LogP contribution in [-0.2, 0) is 20.7 Å². The first-order valence-electron chi connectivity index (χ1n) is 8.90. The van der Waals surface area contributed by atoms with E-state index in [4.69, 9.17) is 10.00 Å². The van der Waals surface area contributed by atoms with Gasteiger partial charge in [-0.25, -0.2) is 4.98 Å². The third kappa shape index (κ3) is 5.15. The Morgan fingerprint density at radius 2 is 1.96 bits per heavy atom. The van der Waals surface area contributed by atoms with E-state index < -0.39 is 18.0 Å². The van der Waals surface area contributed by atoms with Crippen molar-refractivity contribution in [1.29, 1.82) is 5.26 Å². The van der Waals surface area contributed by atoms with Crippen molar-refractivity contribution in [3.8, 4) is 6.07 Å². The number of carbonyl (C=O) groups is 2. The number of aromatic nitrogens is 1. The van der Waals surface area contributed by atoms with Crippen LogP contribution in [0.4, 0.5) is 5.69 Å². The number of fused-ring (bicyclic) bond motifs is 1. The van der Waals surface area contributed by atoms with Crippen LogP contribution in [-0.4, -0.2) is 23.0 Å². The predicted molar refractivity (Wildman–Crippen MR) is 108 cm³/mol. The van der Waals surface area contributed by atoms with Crippen molar-refractivity contribution in [3.05, 3.63) is 59.1 Å². The lowest BCUT2D eigenvalue weighted by molar-refractivity contribution is -0.153. The van der Waals surface area contributed by atoms with Crippen molar-refractivity contribution in [2.75, 3.05) is 5.32 Å². The van der Waals surface area contributed by atoms with E-state index >= 15 is 0 Å². The molecule has 3 aromatic rings. The minimum atomic E-state index is -0.898.